The van der Waals surface area contributed by atoms with E-state index >= 15 is 0 Å². The second kappa shape index (κ2) is 9.62. The molecule has 0 bridgehead atoms. The lowest BCUT2D eigenvalue weighted by Crippen LogP contribution is -2.46. The number of hydrogen-bond acceptors (Lipinski definition) is 5. The fourth-order valence-electron chi connectivity index (χ4n) is 3.28. The zero-order valence-corrected chi connectivity index (χ0v) is 16.9. The van der Waals surface area contributed by atoms with Gasteiger partial charge in [0.2, 0.25) is 0 Å². The first-order valence-corrected chi connectivity index (χ1v) is 9.55. The van der Waals surface area contributed by atoms with E-state index in [0.717, 1.165) is 43.2 Å². The third-order valence-corrected chi connectivity index (χ3v) is 4.84. The van der Waals surface area contributed by atoms with Gasteiger partial charge in [0.25, 0.3) is 0 Å². The van der Waals surface area contributed by atoms with Crippen LogP contribution in [0.4, 0.5) is 14.5 Å². The highest BCUT2D eigenvalue weighted by atomic mass is 32.1. The number of nitrogens with two attached hydrogens (primary N) is 1. The van der Waals surface area contributed by atoms with Crippen LogP contribution in [0.2, 0.25) is 0 Å². The van der Waals surface area contributed by atoms with Crippen LogP contribution in [-0.4, -0.2) is 49.5 Å². The minimum absolute atomic E-state index is 0.0183. The van der Waals surface area contributed by atoms with Gasteiger partial charge in [0, 0.05) is 49.9 Å². The highest BCUT2D eigenvalue weighted by Gasteiger charge is 2.21. The Balaban J connectivity index is 1.64. The number of halogens is 2. The zero-order chi connectivity index (χ0) is 20.8. The molecule has 154 valence electrons. The molecule has 0 atom stereocenters. The van der Waals surface area contributed by atoms with Crippen LogP contribution in [0.25, 0.3) is 0 Å². The summed E-state index contributed by atoms with van der Waals surface area (Å²) in [5.41, 5.74) is 8.93. The van der Waals surface area contributed by atoms with Gasteiger partial charge in [-0.15, -0.1) is 0 Å². The summed E-state index contributed by atoms with van der Waals surface area (Å²) in [5, 5.41) is 3.62. The maximum absolute atomic E-state index is 14.6. The number of anilines is 1. The molecule has 29 heavy (non-hydrogen) atoms. The number of para-hydroxylation sites is 1. The van der Waals surface area contributed by atoms with E-state index in [0.29, 0.717) is 13.1 Å². The van der Waals surface area contributed by atoms with Crippen LogP contribution in [0.15, 0.2) is 41.5 Å². The fourth-order valence-corrected chi connectivity index (χ4v) is 3.33. The van der Waals surface area contributed by atoms with Crippen LogP contribution < -0.4 is 20.8 Å². The van der Waals surface area contributed by atoms with E-state index in [-0.39, 0.29) is 16.4 Å². The largest absolute Gasteiger partial charge is 0.496 e. The van der Waals surface area contributed by atoms with E-state index in [9.17, 15) is 8.78 Å². The van der Waals surface area contributed by atoms with Crippen molar-refractivity contribution >= 4 is 29.2 Å². The summed E-state index contributed by atoms with van der Waals surface area (Å²) < 4.78 is 34.3. The first-order chi connectivity index (χ1) is 14.0. The van der Waals surface area contributed by atoms with Gasteiger partial charge < -0.3 is 15.4 Å². The molecule has 1 aliphatic rings. The maximum Gasteiger partial charge on any atom is 0.184 e. The third-order valence-electron chi connectivity index (χ3n) is 4.74. The lowest BCUT2D eigenvalue weighted by atomic mass is 10.1. The normalized spacial score (nSPS) is 14.9. The first-order valence-electron chi connectivity index (χ1n) is 9.14. The molecule has 1 heterocycles. The Morgan fingerprint density at radius 2 is 1.93 bits per heavy atom. The summed E-state index contributed by atoms with van der Waals surface area (Å²) in [6, 6.07) is 10.2. The molecule has 3 N–H and O–H groups in total. The van der Waals surface area contributed by atoms with Gasteiger partial charge in [-0.3, -0.25) is 10.3 Å². The summed E-state index contributed by atoms with van der Waals surface area (Å²) in [5.74, 6) is -0.210. The maximum atomic E-state index is 14.6. The Morgan fingerprint density at radius 1 is 1.21 bits per heavy atom. The molecule has 1 saturated heterocycles. The lowest BCUT2D eigenvalue weighted by Gasteiger charge is -2.36. The molecule has 0 aromatic heterocycles. The number of methoxy groups -OCH3 is 1. The molecule has 2 aromatic carbocycles. The van der Waals surface area contributed by atoms with Crippen molar-refractivity contribution in [3.63, 3.8) is 0 Å². The number of piperazine rings is 1. The molecular weight excluding hydrogens is 396 g/mol. The van der Waals surface area contributed by atoms with Crippen molar-refractivity contribution in [3.05, 3.63) is 59.2 Å². The molecule has 1 fully saturated rings. The first kappa shape index (κ1) is 20.9. The third kappa shape index (κ3) is 5.39. The van der Waals surface area contributed by atoms with Crippen molar-refractivity contribution in [2.75, 3.05) is 38.2 Å². The average molecular weight is 420 g/mol. The van der Waals surface area contributed by atoms with Crippen LogP contribution in [0.1, 0.15) is 11.1 Å². The van der Waals surface area contributed by atoms with E-state index < -0.39 is 11.6 Å². The quantitative estimate of drug-likeness (QED) is 0.426. The summed E-state index contributed by atoms with van der Waals surface area (Å²) in [4.78, 5) is 4.12. The Hall–Kier alpha value is -2.78. The van der Waals surface area contributed by atoms with Gasteiger partial charge in [-0.1, -0.05) is 18.2 Å². The molecule has 2 aromatic rings. The van der Waals surface area contributed by atoms with Gasteiger partial charge in [-0.2, -0.15) is 5.10 Å². The number of nitrogens with zero attached hydrogens (tertiary/aromatic N) is 3. The molecular formula is C20H23F2N5OS. The topological polar surface area (TPSA) is 66.1 Å². The van der Waals surface area contributed by atoms with E-state index in [1.54, 1.807) is 7.11 Å². The standard InChI is InChI=1S/C20H23F2N5OS/c1-28-19-5-3-2-4-14(19)13-26-6-8-27(9-7-26)18-11-16(21)15(10-17(18)22)12-24-25-20(23)29/h2-5,10-12H,6-9,13H2,1H3,(H3,23,25,29)/b24-12+. The lowest BCUT2D eigenvalue weighted by molar-refractivity contribution is 0.245. The molecule has 0 spiro atoms. The summed E-state index contributed by atoms with van der Waals surface area (Å²) >= 11 is 4.61. The second-order valence-corrected chi connectivity index (χ2v) is 7.07. The summed E-state index contributed by atoms with van der Waals surface area (Å²) in [7, 11) is 1.66. The second-order valence-electron chi connectivity index (χ2n) is 6.63. The molecule has 0 aliphatic carbocycles. The Kier molecular flexibility index (Phi) is 6.95. The van der Waals surface area contributed by atoms with Crippen molar-refractivity contribution in [1.82, 2.24) is 10.3 Å². The Morgan fingerprint density at radius 3 is 2.62 bits per heavy atom. The molecule has 0 amide bonds. The SMILES string of the molecule is COc1ccccc1CN1CCN(c2cc(F)c(/C=N/NC(N)=S)cc2F)CC1. The number of ether oxygens (including phenoxy) is 1. The number of thiocarbonyl (C=S) groups is 1. The van der Waals surface area contributed by atoms with Crippen molar-refractivity contribution in [1.29, 1.82) is 0 Å². The van der Waals surface area contributed by atoms with Gasteiger partial charge in [0.1, 0.15) is 17.4 Å². The zero-order valence-electron chi connectivity index (χ0n) is 16.1. The van der Waals surface area contributed by atoms with E-state index in [2.05, 4.69) is 27.6 Å². The smallest absolute Gasteiger partial charge is 0.184 e. The number of hydrogen-bond donors (Lipinski definition) is 2. The van der Waals surface area contributed by atoms with Gasteiger partial charge in [0.05, 0.1) is 19.0 Å². The molecule has 3 rings (SSSR count). The molecule has 6 nitrogen and oxygen atoms in total. The van der Waals surface area contributed by atoms with Crippen molar-refractivity contribution in [2.24, 2.45) is 10.8 Å². The number of benzene rings is 2. The van der Waals surface area contributed by atoms with Gasteiger partial charge in [0.15, 0.2) is 5.11 Å². The van der Waals surface area contributed by atoms with Crippen LogP contribution in [0, 0.1) is 11.6 Å². The van der Waals surface area contributed by atoms with Crippen molar-refractivity contribution in [2.45, 2.75) is 6.54 Å². The molecule has 0 unspecified atom stereocenters. The predicted molar refractivity (Wildman–Crippen MR) is 114 cm³/mol. The Bertz CT molecular complexity index is 900. The van der Waals surface area contributed by atoms with Crippen LogP contribution >= 0.6 is 12.2 Å². The highest BCUT2D eigenvalue weighted by Crippen LogP contribution is 2.25. The predicted octanol–water partition coefficient (Wildman–Crippen LogP) is 2.46. The fraction of sp³-hybridized carbons (Fsp3) is 0.300. The Labute approximate surface area is 173 Å². The molecule has 1 aliphatic heterocycles. The van der Waals surface area contributed by atoms with E-state index in [4.69, 9.17) is 10.5 Å². The minimum atomic E-state index is -0.564. The minimum Gasteiger partial charge on any atom is -0.496 e. The highest BCUT2D eigenvalue weighted by molar-refractivity contribution is 7.80. The van der Waals surface area contributed by atoms with E-state index in [1.165, 1.54) is 6.07 Å². The van der Waals surface area contributed by atoms with Crippen LogP contribution in [0.3, 0.4) is 0 Å². The average Bonchev–Trinajstić information content (AvgIpc) is 2.71. The number of nitrogens with one attached hydrogen (secondary N) is 1. The van der Waals surface area contributed by atoms with Gasteiger partial charge in [-0.25, -0.2) is 8.78 Å². The van der Waals surface area contributed by atoms with Crippen molar-refractivity contribution in [3.8, 4) is 5.75 Å². The van der Waals surface area contributed by atoms with Gasteiger partial charge >= 0.3 is 0 Å². The molecule has 0 saturated carbocycles. The summed E-state index contributed by atoms with van der Waals surface area (Å²) in [6.07, 6.45) is 1.15. The van der Waals surface area contributed by atoms with Crippen molar-refractivity contribution < 1.29 is 13.5 Å². The van der Waals surface area contributed by atoms with E-state index in [1.807, 2.05) is 29.2 Å². The van der Waals surface area contributed by atoms with Crippen LogP contribution in [-0.2, 0) is 6.54 Å². The number of rotatable bonds is 6. The van der Waals surface area contributed by atoms with Gasteiger partial charge in [-0.05, 0) is 24.4 Å². The molecule has 0 radical (unpaired) electrons. The number of hydrazone groups is 1. The monoisotopic (exact) mass is 419 g/mol. The van der Waals surface area contributed by atoms with Crippen LogP contribution in [0.5, 0.6) is 5.75 Å². The summed E-state index contributed by atoms with van der Waals surface area (Å²) in [6.45, 7) is 3.42. The molecule has 9 heteroatoms.